The molecule has 0 saturated heterocycles. The molecule has 0 unspecified atom stereocenters. The van der Waals surface area contributed by atoms with Crippen molar-refractivity contribution in [2.75, 3.05) is 0 Å². The van der Waals surface area contributed by atoms with Crippen LogP contribution in [0.25, 0.3) is 0 Å². The van der Waals surface area contributed by atoms with Crippen LogP contribution in [0, 0.1) is 0 Å². The summed E-state index contributed by atoms with van der Waals surface area (Å²) in [7, 11) is 0. The van der Waals surface area contributed by atoms with Gasteiger partial charge in [0.1, 0.15) is 0 Å². The van der Waals surface area contributed by atoms with Crippen LogP contribution in [0.5, 0.6) is 0 Å². The van der Waals surface area contributed by atoms with Gasteiger partial charge in [-0.15, -0.1) is 0 Å². The molecule has 0 fully saturated rings. The van der Waals surface area contributed by atoms with Gasteiger partial charge in [-0.2, -0.15) is 0 Å². The molecule has 0 aromatic heterocycles. The molecule has 0 saturated carbocycles. The molecule has 7 heavy (non-hydrogen) atoms. The Kier molecular flexibility index (Phi) is 56.3. The molecule has 0 aliphatic heterocycles. The first kappa shape index (κ1) is 24.9. The van der Waals surface area contributed by atoms with Crippen LogP contribution in [-0.2, 0) is 0 Å². The topological polar surface area (TPSA) is 124 Å². The molecule has 0 aliphatic rings. The first-order valence-electron chi connectivity index (χ1n) is 0.651. The van der Waals surface area contributed by atoms with Gasteiger partial charge in [0, 0.05) is 0 Å². The van der Waals surface area contributed by atoms with E-state index in [-0.39, 0.29) is 64.4 Å². The average Bonchev–Trinajstić information content (AvgIpc) is 0.811. The van der Waals surface area contributed by atoms with E-state index in [1.54, 1.807) is 0 Å². The molecule has 7 N–H and O–H groups in total. The van der Waals surface area contributed by atoms with Gasteiger partial charge >= 0.3 is 57.5 Å². The van der Waals surface area contributed by atoms with E-state index in [9.17, 15) is 0 Å². The molecule has 5 nitrogen and oxygen atoms in total. The van der Waals surface area contributed by atoms with E-state index < -0.39 is 6.16 Å². The van der Waals surface area contributed by atoms with Gasteiger partial charge in [-0.05, 0) is 0 Å². The Hall–Kier alpha value is 0.826. The third kappa shape index (κ3) is 233. The summed E-state index contributed by atoms with van der Waals surface area (Å²) in [4.78, 5) is 8.56. The molecule has 0 aromatic carbocycles. The van der Waals surface area contributed by atoms with E-state index in [1.807, 2.05) is 0 Å². The smallest absolute Gasteiger partial charge is 1.00 e. The van der Waals surface area contributed by atoms with Crippen LogP contribution in [0.2, 0.25) is 0 Å². The quantitative estimate of drug-likeness (QED) is 0.302. The Morgan fingerprint density at radius 1 is 1.43 bits per heavy atom. The predicted molar refractivity (Wildman–Crippen MR) is 20.4 cm³/mol. The van der Waals surface area contributed by atoms with Crippen LogP contribution < -0.4 is 57.5 Å². The Morgan fingerprint density at radius 3 is 1.43 bits per heavy atom. The zero-order valence-electron chi connectivity index (χ0n) is 5.01. The Labute approximate surface area is 84.5 Å². The molecule has 0 rings (SSSR count). The zero-order chi connectivity index (χ0) is 3.58. The van der Waals surface area contributed by atoms with Crippen LogP contribution in [-0.4, -0.2) is 21.8 Å². The van der Waals surface area contributed by atoms with E-state index in [0.717, 1.165) is 0 Å². The summed E-state index contributed by atoms with van der Waals surface area (Å²) in [6, 6.07) is 0. The van der Waals surface area contributed by atoms with Crippen molar-refractivity contribution < 1.29 is 73.3 Å². The minimum atomic E-state index is -1.83. The molecule has 42 valence electrons. The van der Waals surface area contributed by atoms with Gasteiger partial charge in [-0.3, -0.25) is 0 Å². The van der Waals surface area contributed by atoms with Crippen molar-refractivity contribution in [2.45, 2.75) is 0 Å². The molecule has 0 atom stereocenters. The molecule has 0 amide bonds. The van der Waals surface area contributed by atoms with Crippen molar-refractivity contribution in [3.05, 3.63) is 0 Å². The van der Waals surface area contributed by atoms with Gasteiger partial charge in [0.25, 0.3) is 0 Å². The van der Waals surface area contributed by atoms with Crippen molar-refractivity contribution in [1.82, 2.24) is 6.15 Å². The second-order valence-electron chi connectivity index (χ2n) is 0.283. The summed E-state index contributed by atoms with van der Waals surface area (Å²) in [5.74, 6) is 0. The van der Waals surface area contributed by atoms with Crippen LogP contribution in [0.15, 0.2) is 0 Å². The van der Waals surface area contributed by atoms with Gasteiger partial charge in [-0.25, -0.2) is 4.79 Å². The largest absolute Gasteiger partial charge is 1.00 e. The zero-order valence-corrected chi connectivity index (χ0v) is 7.13. The normalized spacial score (nSPS) is 3.43. The summed E-state index contributed by atoms with van der Waals surface area (Å²) in [6.45, 7) is 0. The second kappa shape index (κ2) is 15.8. The molecule has 0 bridgehead atoms. The maximum Gasteiger partial charge on any atom is 1.00 e. The van der Waals surface area contributed by atoms with Gasteiger partial charge in [0.15, 0.2) is 0 Å². The van der Waals surface area contributed by atoms with Gasteiger partial charge < -0.3 is 23.3 Å². The first-order chi connectivity index (χ1) is 1.73. The summed E-state index contributed by atoms with van der Waals surface area (Å²) in [5, 5.41) is 13.9. The van der Waals surface area contributed by atoms with E-state index in [2.05, 4.69) is 0 Å². The molecule has 6 heteroatoms. The third-order valence-electron chi connectivity index (χ3n) is 0. The fourth-order valence-electron chi connectivity index (χ4n) is 0. The van der Waals surface area contributed by atoms with E-state index in [0.29, 0.717) is 0 Å². The van der Waals surface area contributed by atoms with Gasteiger partial charge in [0.2, 0.25) is 0 Å². The minimum absolute atomic E-state index is 0. The Balaban J connectivity index is -0.00000000750. The van der Waals surface area contributed by atoms with Gasteiger partial charge in [-0.1, -0.05) is 0 Å². The Morgan fingerprint density at radius 2 is 1.43 bits per heavy atom. The van der Waals surface area contributed by atoms with Crippen molar-refractivity contribution in [3.8, 4) is 0 Å². The van der Waals surface area contributed by atoms with E-state index in [1.165, 1.54) is 0 Å². The minimum Gasteiger partial charge on any atom is -1.00 e. The van der Waals surface area contributed by atoms with Crippen molar-refractivity contribution >= 4 is 6.16 Å². The van der Waals surface area contributed by atoms with Crippen molar-refractivity contribution in [3.63, 3.8) is 0 Å². The maximum absolute atomic E-state index is 8.56. The molecule has 0 heterocycles. The van der Waals surface area contributed by atoms with Crippen LogP contribution >= 0.6 is 0 Å². The number of rotatable bonds is 0. The van der Waals surface area contributed by atoms with Crippen LogP contribution in [0.3, 0.4) is 0 Å². The van der Waals surface area contributed by atoms with Crippen molar-refractivity contribution in [1.29, 1.82) is 0 Å². The summed E-state index contributed by atoms with van der Waals surface area (Å²) in [5.41, 5.74) is 0. The number of hydrogen-bond donors (Lipinski definition) is 3. The maximum atomic E-state index is 8.56. The molecule has 0 spiro atoms. The fourth-order valence-corrected chi connectivity index (χ4v) is 0. The number of carboxylic acid groups (broad SMARTS) is 2. The standard InChI is InChI=1S/CH2O3.K.H3N.H2O.H/c2-1(3)4;;;;/h(H2,2,3,4);;1H3;1H2;/q;+1;;;-1. The van der Waals surface area contributed by atoms with E-state index >= 15 is 0 Å². The SMILES string of the molecule is N.O.O=C(O)O.[H-].[K+]. The monoisotopic (exact) mass is 137 g/mol. The molecular weight excluding hydrogens is 129 g/mol. The predicted octanol–water partition coefficient (Wildman–Crippen LogP) is -3.32. The average molecular weight is 137 g/mol. The summed E-state index contributed by atoms with van der Waals surface area (Å²) >= 11 is 0. The fraction of sp³-hybridized carbons (Fsp3) is 0. The molecule has 0 aliphatic carbocycles. The third-order valence-corrected chi connectivity index (χ3v) is 0. The number of carbonyl (C=O) groups is 1. The summed E-state index contributed by atoms with van der Waals surface area (Å²) < 4.78 is 0. The van der Waals surface area contributed by atoms with E-state index in [4.69, 9.17) is 15.0 Å². The first-order valence-corrected chi connectivity index (χ1v) is 0.651. The van der Waals surface area contributed by atoms with Gasteiger partial charge in [0.05, 0.1) is 0 Å². The molecular formula is CH8KNO4. The molecule has 0 radical (unpaired) electrons. The molecule has 0 aromatic rings. The Bertz CT molecular complexity index is 39.0. The number of hydrogen-bond acceptors (Lipinski definition) is 2. The van der Waals surface area contributed by atoms with Crippen molar-refractivity contribution in [2.24, 2.45) is 0 Å². The van der Waals surface area contributed by atoms with Crippen LogP contribution in [0.1, 0.15) is 1.43 Å². The second-order valence-corrected chi connectivity index (χ2v) is 0.283. The summed E-state index contributed by atoms with van der Waals surface area (Å²) in [6.07, 6.45) is -1.83. The van der Waals surface area contributed by atoms with Crippen LogP contribution in [0.4, 0.5) is 4.79 Å².